The van der Waals surface area contributed by atoms with Gasteiger partial charge in [-0.15, -0.1) is 0 Å². The highest BCUT2D eigenvalue weighted by Gasteiger charge is 2.48. The number of carbonyl (C=O) groups is 1. The molecule has 154 valence electrons. The maximum atomic E-state index is 12.3. The molecule has 1 aromatic rings. The van der Waals surface area contributed by atoms with Gasteiger partial charge in [-0.2, -0.15) is 0 Å². The summed E-state index contributed by atoms with van der Waals surface area (Å²) in [5.41, 5.74) is 1.28. The summed E-state index contributed by atoms with van der Waals surface area (Å²) >= 11 is 0. The van der Waals surface area contributed by atoms with Crippen LogP contribution in [0, 0.1) is 5.92 Å². The van der Waals surface area contributed by atoms with E-state index in [1.165, 1.54) is 5.56 Å². The largest absolute Gasteiger partial charge is 0.493 e. The number of carbonyl (C=O) groups excluding carboxylic acids is 1. The van der Waals surface area contributed by atoms with Gasteiger partial charge in [0.15, 0.2) is 11.5 Å². The smallest absolute Gasteiger partial charge is 0.311 e. The highest BCUT2D eigenvalue weighted by atomic mass is 16.5. The molecule has 0 radical (unpaired) electrons. The second-order valence-electron chi connectivity index (χ2n) is 8.23. The number of benzene rings is 1. The van der Waals surface area contributed by atoms with E-state index in [1.54, 1.807) is 14.2 Å². The molecular formula is C23H33NO4. The monoisotopic (exact) mass is 387 g/mol. The van der Waals surface area contributed by atoms with Crippen LogP contribution in [0.15, 0.2) is 30.0 Å². The lowest BCUT2D eigenvalue weighted by atomic mass is 9.68. The van der Waals surface area contributed by atoms with Crippen LogP contribution in [0.4, 0.5) is 0 Å². The number of methoxy groups -OCH3 is 2. The molecule has 0 amide bonds. The lowest BCUT2D eigenvalue weighted by molar-refractivity contribution is -0.141. The van der Waals surface area contributed by atoms with Crippen LogP contribution in [0.5, 0.6) is 11.5 Å². The molecule has 1 heterocycles. The van der Waals surface area contributed by atoms with Crippen molar-refractivity contribution in [1.82, 2.24) is 4.90 Å². The molecule has 1 aliphatic heterocycles. The van der Waals surface area contributed by atoms with Crippen LogP contribution in [-0.2, 0) is 14.9 Å². The van der Waals surface area contributed by atoms with Gasteiger partial charge in [-0.05, 0) is 56.1 Å². The predicted molar refractivity (Wildman–Crippen MR) is 110 cm³/mol. The number of nitrogens with zero attached hydrogens (tertiary/aromatic N) is 1. The van der Waals surface area contributed by atoms with Crippen molar-refractivity contribution in [2.45, 2.75) is 57.4 Å². The second kappa shape index (κ2) is 8.56. The van der Waals surface area contributed by atoms with Crippen LogP contribution >= 0.6 is 0 Å². The molecule has 1 saturated heterocycles. The fourth-order valence-electron chi connectivity index (χ4n) is 4.56. The summed E-state index contributed by atoms with van der Waals surface area (Å²) in [6.45, 7) is 5.20. The lowest BCUT2D eigenvalue weighted by Crippen LogP contribution is -2.42. The first-order valence-electron chi connectivity index (χ1n) is 10.3. The average Bonchev–Trinajstić information content (AvgIpc) is 3.04. The number of allylic oxidation sites excluding steroid dienone is 1. The fourth-order valence-corrected chi connectivity index (χ4v) is 4.56. The van der Waals surface area contributed by atoms with Gasteiger partial charge in [0.2, 0.25) is 0 Å². The molecule has 1 aliphatic carbocycles. The van der Waals surface area contributed by atoms with E-state index < -0.39 is 0 Å². The third-order valence-corrected chi connectivity index (χ3v) is 6.53. The van der Waals surface area contributed by atoms with Crippen molar-refractivity contribution in [3.05, 3.63) is 35.6 Å². The Morgan fingerprint density at radius 3 is 2.68 bits per heavy atom. The van der Waals surface area contributed by atoms with Gasteiger partial charge in [0.25, 0.3) is 0 Å². The van der Waals surface area contributed by atoms with E-state index in [-0.39, 0.29) is 17.4 Å². The molecule has 0 N–H and O–H groups in total. The van der Waals surface area contributed by atoms with Gasteiger partial charge < -0.3 is 14.2 Å². The number of ether oxygens (including phenoxy) is 3. The van der Waals surface area contributed by atoms with Crippen molar-refractivity contribution in [2.75, 3.05) is 27.8 Å². The minimum absolute atomic E-state index is 0.0148. The number of esters is 1. The van der Waals surface area contributed by atoms with E-state index in [2.05, 4.69) is 44.0 Å². The van der Waals surface area contributed by atoms with Crippen LogP contribution in [0.3, 0.4) is 0 Å². The zero-order valence-electron chi connectivity index (χ0n) is 17.8. The van der Waals surface area contributed by atoms with Crippen molar-refractivity contribution in [2.24, 2.45) is 5.92 Å². The molecule has 28 heavy (non-hydrogen) atoms. The van der Waals surface area contributed by atoms with Crippen molar-refractivity contribution < 1.29 is 19.0 Å². The summed E-state index contributed by atoms with van der Waals surface area (Å²) in [6, 6.07) is 6.47. The highest BCUT2D eigenvalue weighted by molar-refractivity contribution is 5.71. The van der Waals surface area contributed by atoms with E-state index in [1.807, 2.05) is 6.07 Å². The van der Waals surface area contributed by atoms with E-state index >= 15 is 0 Å². The van der Waals surface area contributed by atoms with Crippen LogP contribution in [-0.4, -0.2) is 44.7 Å². The number of likely N-dealkylation sites (N-methyl/N-ethyl adjacent to an activating group) is 1. The molecule has 3 rings (SSSR count). The predicted octanol–water partition coefficient (Wildman–Crippen LogP) is 4.30. The van der Waals surface area contributed by atoms with E-state index in [0.717, 1.165) is 49.5 Å². The Morgan fingerprint density at radius 1 is 1.25 bits per heavy atom. The minimum Gasteiger partial charge on any atom is -0.493 e. The SMILES string of the molecule is CCC(C)CC(=O)OC1=CC2N(C)CCC2(c2ccc(OC)c(OC)c2)CC1. The van der Waals surface area contributed by atoms with Gasteiger partial charge in [-0.1, -0.05) is 26.3 Å². The lowest BCUT2D eigenvalue weighted by Gasteiger charge is -2.40. The Bertz CT molecular complexity index is 744. The normalized spacial score (nSPS) is 25.6. The Balaban J connectivity index is 1.85. The molecule has 1 fully saturated rings. The molecule has 1 aromatic carbocycles. The minimum atomic E-state index is -0.111. The Labute approximate surface area is 168 Å². The molecule has 3 atom stereocenters. The first kappa shape index (κ1) is 20.7. The summed E-state index contributed by atoms with van der Waals surface area (Å²) in [4.78, 5) is 14.6. The molecule has 0 aromatic heterocycles. The Morgan fingerprint density at radius 2 is 2.00 bits per heavy atom. The highest BCUT2D eigenvalue weighted by Crippen LogP contribution is 2.49. The molecule has 2 aliphatic rings. The maximum absolute atomic E-state index is 12.3. The van der Waals surface area contributed by atoms with Gasteiger partial charge in [-0.25, -0.2) is 0 Å². The van der Waals surface area contributed by atoms with Crippen molar-refractivity contribution in [1.29, 1.82) is 0 Å². The molecular weight excluding hydrogens is 354 g/mol. The summed E-state index contributed by atoms with van der Waals surface area (Å²) in [5, 5.41) is 0. The van der Waals surface area contributed by atoms with Crippen molar-refractivity contribution >= 4 is 5.97 Å². The van der Waals surface area contributed by atoms with Crippen molar-refractivity contribution in [3.63, 3.8) is 0 Å². The summed E-state index contributed by atoms with van der Waals surface area (Å²) in [6.07, 6.45) is 6.46. The fraction of sp³-hybridized carbons (Fsp3) is 0.609. The third kappa shape index (κ3) is 3.90. The molecule has 5 nitrogen and oxygen atoms in total. The average molecular weight is 388 g/mol. The maximum Gasteiger partial charge on any atom is 0.311 e. The van der Waals surface area contributed by atoms with E-state index in [9.17, 15) is 4.79 Å². The van der Waals surface area contributed by atoms with E-state index in [0.29, 0.717) is 12.3 Å². The Kier molecular flexibility index (Phi) is 6.33. The summed E-state index contributed by atoms with van der Waals surface area (Å²) in [7, 11) is 5.48. The van der Waals surface area contributed by atoms with Gasteiger partial charge in [-0.3, -0.25) is 9.69 Å². The topological polar surface area (TPSA) is 48.0 Å². The first-order chi connectivity index (χ1) is 13.4. The number of hydrogen-bond acceptors (Lipinski definition) is 5. The zero-order chi connectivity index (χ0) is 20.3. The van der Waals surface area contributed by atoms with Gasteiger partial charge in [0.1, 0.15) is 5.76 Å². The summed E-state index contributed by atoms with van der Waals surface area (Å²) in [5.74, 6) is 2.58. The number of fused-ring (bicyclic) bond motifs is 1. The molecule has 5 heteroatoms. The van der Waals surface area contributed by atoms with Crippen LogP contribution in [0.25, 0.3) is 0 Å². The molecule has 3 unspecified atom stereocenters. The Hall–Kier alpha value is -2.01. The van der Waals surface area contributed by atoms with Gasteiger partial charge in [0, 0.05) is 24.3 Å². The summed E-state index contributed by atoms with van der Waals surface area (Å²) < 4.78 is 16.7. The quantitative estimate of drug-likeness (QED) is 0.653. The third-order valence-electron chi connectivity index (χ3n) is 6.53. The molecule has 0 spiro atoms. The van der Waals surface area contributed by atoms with Crippen LogP contribution < -0.4 is 9.47 Å². The van der Waals surface area contributed by atoms with Crippen LogP contribution in [0.2, 0.25) is 0 Å². The number of hydrogen-bond donors (Lipinski definition) is 0. The number of likely N-dealkylation sites (tertiary alicyclic amines) is 1. The first-order valence-corrected chi connectivity index (χ1v) is 10.3. The van der Waals surface area contributed by atoms with Gasteiger partial charge in [0.05, 0.1) is 14.2 Å². The van der Waals surface area contributed by atoms with E-state index in [4.69, 9.17) is 14.2 Å². The molecule has 0 saturated carbocycles. The zero-order valence-corrected chi connectivity index (χ0v) is 17.8. The number of rotatable bonds is 7. The van der Waals surface area contributed by atoms with Gasteiger partial charge >= 0.3 is 5.97 Å². The standard InChI is InChI=1S/C23H33NO4/c1-6-16(2)13-22(25)28-18-9-10-23(11-12-24(3)21(23)15-18)17-7-8-19(26-4)20(14-17)27-5/h7-8,14-16,21H,6,9-13H2,1-5H3. The second-order valence-corrected chi connectivity index (χ2v) is 8.23. The van der Waals surface area contributed by atoms with Crippen LogP contribution in [0.1, 0.15) is 51.5 Å². The van der Waals surface area contributed by atoms with Crippen molar-refractivity contribution in [3.8, 4) is 11.5 Å². The molecule has 0 bridgehead atoms.